The van der Waals surface area contributed by atoms with Crippen molar-refractivity contribution in [2.75, 3.05) is 59.1 Å². The molecule has 0 aliphatic heterocycles. The van der Waals surface area contributed by atoms with Gasteiger partial charge in [-0.15, -0.1) is 0 Å². The number of nitrogens with zero attached hydrogens (tertiary/aromatic N) is 4. The molecule has 16 nitrogen and oxygen atoms in total. The number of hydrogen-bond donors (Lipinski definition) is 3. The molecule has 0 saturated heterocycles. The minimum Gasteiger partial charge on any atom is -0.507 e. The molecule has 0 aliphatic rings. The fourth-order valence-electron chi connectivity index (χ4n) is 14.6. The summed E-state index contributed by atoms with van der Waals surface area (Å²) in [6.07, 6.45) is 67.9. The Hall–Kier alpha value is -8.50. The van der Waals surface area contributed by atoms with Crippen LogP contribution in [0.15, 0.2) is 142 Å². The number of hydrogen-bond acceptors (Lipinski definition) is 16. The Morgan fingerprint density at radius 3 is 0.644 bits per heavy atom. The quantitative estimate of drug-likeness (QED) is 0.0141. The number of aliphatic imine (C=N–C) groups is 3. The number of esters is 3. The Kier molecular flexibility index (Phi) is 54.5. The molecule has 0 aliphatic carbocycles. The fourth-order valence-corrected chi connectivity index (χ4v) is 14.6. The number of carbonyl (C=O) groups excluding carboxylic acids is 3. The number of unbranched alkanes of at least 4 members (excludes halogenated alkanes) is 45. The second kappa shape index (κ2) is 65.4. The number of ether oxygens (including phenoxy) is 6. The summed E-state index contributed by atoms with van der Waals surface area (Å²) in [5, 5.41) is 33.1. The molecule has 0 heterocycles. The van der Waals surface area contributed by atoms with Crippen molar-refractivity contribution in [2.45, 2.75) is 329 Å². The van der Waals surface area contributed by atoms with Crippen LogP contribution in [0.2, 0.25) is 0 Å². The predicted octanol–water partition coefficient (Wildman–Crippen LogP) is 27.3. The highest BCUT2D eigenvalue weighted by Crippen LogP contribution is 2.29. The SMILES string of the molecule is CCCCCCCCCCCCCCCCCCOc1ccc(C(=O)Oc2ccc(C=NCCN(CCN=Cc3ccc(OC(=O)c4ccc(OCCCCCCCCCCCCCCCCCC)cc4)cc3O)CCN=Cc3ccc(OC(=O)c4ccc(OCCCCCCCCCCCCCCCCCC)cc4)cc3O)c(O)c2)cc1. The molecule has 650 valence electrons. The maximum absolute atomic E-state index is 13.2. The van der Waals surface area contributed by atoms with Gasteiger partial charge in [0.1, 0.15) is 51.7 Å². The van der Waals surface area contributed by atoms with Crippen LogP contribution in [0, 0.1) is 0 Å². The van der Waals surface area contributed by atoms with Gasteiger partial charge in [0.15, 0.2) is 0 Å². The van der Waals surface area contributed by atoms with E-state index in [1.807, 2.05) is 0 Å². The van der Waals surface area contributed by atoms with E-state index in [1.165, 1.54) is 288 Å². The zero-order valence-corrected chi connectivity index (χ0v) is 73.0. The first-order chi connectivity index (χ1) is 58.0. The van der Waals surface area contributed by atoms with Gasteiger partial charge in [0.05, 0.1) is 56.1 Å². The molecule has 118 heavy (non-hydrogen) atoms. The molecule has 16 heteroatoms. The van der Waals surface area contributed by atoms with Crippen LogP contribution >= 0.6 is 0 Å². The van der Waals surface area contributed by atoms with Gasteiger partial charge in [-0.05, 0) is 128 Å². The number of carbonyl (C=O) groups is 3. The van der Waals surface area contributed by atoms with Crippen LogP contribution in [0.4, 0.5) is 0 Å². The average molecular weight is 1620 g/mol. The molecule has 6 aromatic carbocycles. The molecule has 0 unspecified atom stereocenters. The normalized spacial score (nSPS) is 11.6. The first-order valence-corrected chi connectivity index (χ1v) is 46.6. The number of aromatic hydroxyl groups is 3. The van der Waals surface area contributed by atoms with E-state index in [1.54, 1.807) is 128 Å². The van der Waals surface area contributed by atoms with Crippen molar-refractivity contribution >= 4 is 36.6 Å². The summed E-state index contributed by atoms with van der Waals surface area (Å²) >= 11 is 0. The molecule has 3 N–H and O–H groups in total. The summed E-state index contributed by atoms with van der Waals surface area (Å²) in [5.74, 6) is 0.677. The van der Waals surface area contributed by atoms with Crippen molar-refractivity contribution in [1.29, 1.82) is 0 Å². The Bertz CT molecular complexity index is 3290. The lowest BCUT2D eigenvalue weighted by atomic mass is 10.0. The third-order valence-electron chi connectivity index (χ3n) is 22.0. The molecular weight excluding hydrogens is 1470 g/mol. The lowest BCUT2D eigenvalue weighted by Crippen LogP contribution is -2.31. The average Bonchev–Trinajstić information content (AvgIpc) is 0.885. The molecule has 0 aromatic heterocycles. The van der Waals surface area contributed by atoms with Gasteiger partial charge < -0.3 is 43.7 Å². The van der Waals surface area contributed by atoms with Gasteiger partial charge >= 0.3 is 17.9 Å². The van der Waals surface area contributed by atoms with Gasteiger partial charge in [-0.3, -0.25) is 19.9 Å². The Labute approximate surface area is 711 Å². The topological polar surface area (TPSA) is 208 Å². The second-order valence-corrected chi connectivity index (χ2v) is 32.3. The highest BCUT2D eigenvalue weighted by molar-refractivity contribution is 5.93. The predicted molar refractivity (Wildman–Crippen MR) is 487 cm³/mol. The number of benzene rings is 6. The third kappa shape index (κ3) is 46.2. The molecule has 0 fully saturated rings. The van der Waals surface area contributed by atoms with Crippen molar-refractivity contribution in [2.24, 2.45) is 15.0 Å². The van der Waals surface area contributed by atoms with Crippen molar-refractivity contribution in [3.8, 4) is 51.7 Å². The van der Waals surface area contributed by atoms with E-state index in [0.717, 1.165) is 38.5 Å². The van der Waals surface area contributed by atoms with E-state index in [4.69, 9.17) is 28.4 Å². The highest BCUT2D eigenvalue weighted by Gasteiger charge is 2.16. The molecule has 6 aromatic rings. The van der Waals surface area contributed by atoms with Crippen molar-refractivity contribution in [3.63, 3.8) is 0 Å². The first kappa shape index (κ1) is 98.3. The zero-order valence-electron chi connectivity index (χ0n) is 73.0. The van der Waals surface area contributed by atoms with Gasteiger partial charge in [-0.1, -0.05) is 310 Å². The van der Waals surface area contributed by atoms with Crippen LogP contribution in [0.5, 0.6) is 51.7 Å². The summed E-state index contributed by atoms with van der Waals surface area (Å²) < 4.78 is 34.9. The molecule has 6 rings (SSSR count). The van der Waals surface area contributed by atoms with Gasteiger partial charge in [-0.2, -0.15) is 0 Å². The Morgan fingerprint density at radius 1 is 0.263 bits per heavy atom. The molecule has 0 bridgehead atoms. The number of rotatable bonds is 72. The molecule has 0 saturated carbocycles. The lowest BCUT2D eigenvalue weighted by molar-refractivity contribution is 0.0724. The summed E-state index contributed by atoms with van der Waals surface area (Å²) in [7, 11) is 0. The summed E-state index contributed by atoms with van der Waals surface area (Å²) in [6, 6.07) is 34.7. The third-order valence-corrected chi connectivity index (χ3v) is 22.0. The van der Waals surface area contributed by atoms with Gasteiger partial charge in [0.25, 0.3) is 0 Å². The summed E-state index contributed by atoms with van der Waals surface area (Å²) in [4.78, 5) is 55.6. The van der Waals surface area contributed by atoms with Crippen LogP contribution in [0.25, 0.3) is 0 Å². The van der Waals surface area contributed by atoms with Gasteiger partial charge in [-0.25, -0.2) is 14.4 Å². The fraction of sp³-hybridized carbons (Fsp3) is 0.588. The van der Waals surface area contributed by atoms with Crippen molar-refractivity contribution < 1.29 is 58.1 Å². The summed E-state index contributed by atoms with van der Waals surface area (Å²) in [6.45, 7) is 11.2. The lowest BCUT2D eigenvalue weighted by Gasteiger charge is -2.19. The zero-order chi connectivity index (χ0) is 83.6. The summed E-state index contributed by atoms with van der Waals surface area (Å²) in [5.41, 5.74) is 2.40. The van der Waals surface area contributed by atoms with Gasteiger partial charge in [0.2, 0.25) is 0 Å². The highest BCUT2D eigenvalue weighted by atomic mass is 16.5. The molecular formula is C102H150N4O12. The molecule has 0 atom stereocenters. The van der Waals surface area contributed by atoms with E-state index >= 15 is 0 Å². The molecule has 0 amide bonds. The van der Waals surface area contributed by atoms with Gasteiger partial charge in [0, 0.05) is 73.2 Å². The minimum absolute atomic E-state index is 0.103. The van der Waals surface area contributed by atoms with Crippen LogP contribution in [-0.4, -0.2) is 116 Å². The standard InChI is InChI=1S/C102H150N4O12/c1-4-7-10-13-16-19-22-25-28-31-34-37-40-43-46-49-76-113-91-61-52-85(53-62-91)100(110)116-94-67-58-88(97(107)79-94)82-103-70-73-106(74-71-104-83-89-59-68-95(80-98(89)108)117-101(111)86-54-63-92(64-55-86)114-77-50-47-44-41-38-35-32-29-26-23-20-17-14-11-8-5-2)75-72-105-84-90-60-69-96(81-99(90)109)118-102(112)87-56-65-93(66-57-87)115-78-51-48-45-42-39-36-33-30-27-24-21-18-15-12-9-6-3/h52-69,79-84,107-109H,4-51,70-78H2,1-3H3. The smallest absolute Gasteiger partial charge is 0.343 e. The molecule has 0 spiro atoms. The van der Waals surface area contributed by atoms with E-state index in [-0.39, 0.29) is 34.5 Å². The monoisotopic (exact) mass is 1620 g/mol. The maximum Gasteiger partial charge on any atom is 0.343 e. The van der Waals surface area contributed by atoms with Crippen LogP contribution < -0.4 is 28.4 Å². The van der Waals surface area contributed by atoms with Crippen LogP contribution in [0.3, 0.4) is 0 Å². The van der Waals surface area contributed by atoms with E-state index in [9.17, 15) is 29.7 Å². The van der Waals surface area contributed by atoms with E-state index < -0.39 is 17.9 Å². The maximum atomic E-state index is 13.2. The molecule has 0 radical (unpaired) electrons. The van der Waals surface area contributed by atoms with E-state index in [2.05, 4.69) is 40.6 Å². The number of phenols is 3. The Morgan fingerprint density at radius 2 is 0.449 bits per heavy atom. The van der Waals surface area contributed by atoms with Crippen LogP contribution in [0.1, 0.15) is 377 Å². The first-order valence-electron chi connectivity index (χ1n) is 46.6. The minimum atomic E-state index is -0.558. The Balaban J connectivity index is 0.920. The van der Waals surface area contributed by atoms with Crippen molar-refractivity contribution in [1.82, 2.24) is 4.90 Å². The van der Waals surface area contributed by atoms with Crippen LogP contribution in [-0.2, 0) is 0 Å². The number of phenolic OH excluding ortho intramolecular Hbond substituents is 3. The largest absolute Gasteiger partial charge is 0.507 e. The second-order valence-electron chi connectivity index (χ2n) is 32.3. The van der Waals surface area contributed by atoms with Crippen molar-refractivity contribution in [3.05, 3.63) is 161 Å². The van der Waals surface area contributed by atoms with E-state index in [0.29, 0.717) is 110 Å².